The Morgan fingerprint density at radius 1 is 1.15 bits per heavy atom. The van der Waals surface area contributed by atoms with Gasteiger partial charge in [-0.2, -0.15) is 0 Å². The molecule has 2 N–H and O–H groups in total. The van der Waals surface area contributed by atoms with Gasteiger partial charge in [-0.25, -0.2) is 13.1 Å². The molecule has 0 saturated heterocycles. The van der Waals surface area contributed by atoms with Gasteiger partial charge in [-0.3, -0.25) is 4.98 Å². The van der Waals surface area contributed by atoms with Gasteiger partial charge in [0.1, 0.15) is 4.90 Å². The summed E-state index contributed by atoms with van der Waals surface area (Å²) in [5.41, 5.74) is 0.771. The van der Waals surface area contributed by atoms with Crippen LogP contribution in [0.2, 0.25) is 0 Å². The smallest absolute Gasteiger partial charge is 0.242 e. The highest BCUT2D eigenvalue weighted by atomic mass is 32.2. The van der Waals surface area contributed by atoms with Crippen molar-refractivity contribution in [2.75, 3.05) is 6.54 Å². The minimum Gasteiger partial charge on any atom is -0.388 e. The van der Waals surface area contributed by atoms with Crippen LogP contribution in [0.5, 0.6) is 0 Å². The first-order valence-corrected chi connectivity index (χ1v) is 7.70. The summed E-state index contributed by atoms with van der Waals surface area (Å²) in [5.74, 6) is 0. The predicted molar refractivity (Wildman–Crippen MR) is 75.4 cm³/mol. The lowest BCUT2D eigenvalue weighted by Crippen LogP contribution is -2.26. The molecule has 0 spiro atoms. The first kappa shape index (κ1) is 14.6. The molecule has 1 aromatic carbocycles. The maximum Gasteiger partial charge on any atom is 0.242 e. The maximum absolute atomic E-state index is 11.9. The molecule has 1 heterocycles. The summed E-state index contributed by atoms with van der Waals surface area (Å²) in [4.78, 5) is 3.89. The SMILES string of the molecule is O=S(=O)(NCCC(O)c1ccccc1)c1cccnc1. The van der Waals surface area contributed by atoms with Crippen molar-refractivity contribution in [3.8, 4) is 0 Å². The molecule has 106 valence electrons. The minimum absolute atomic E-state index is 0.120. The van der Waals surface area contributed by atoms with Crippen LogP contribution in [0.15, 0.2) is 59.8 Å². The van der Waals surface area contributed by atoms with Crippen molar-refractivity contribution in [3.63, 3.8) is 0 Å². The van der Waals surface area contributed by atoms with Gasteiger partial charge >= 0.3 is 0 Å². The molecule has 5 nitrogen and oxygen atoms in total. The van der Waals surface area contributed by atoms with E-state index in [0.717, 1.165) is 5.56 Å². The lowest BCUT2D eigenvalue weighted by molar-refractivity contribution is 0.169. The van der Waals surface area contributed by atoms with Gasteiger partial charge in [-0.15, -0.1) is 0 Å². The zero-order valence-electron chi connectivity index (χ0n) is 10.8. The monoisotopic (exact) mass is 292 g/mol. The topological polar surface area (TPSA) is 79.3 Å². The third-order valence-corrected chi connectivity index (χ3v) is 4.29. The Morgan fingerprint density at radius 3 is 2.55 bits per heavy atom. The Balaban J connectivity index is 1.90. The summed E-state index contributed by atoms with van der Waals surface area (Å²) in [5, 5.41) is 9.94. The number of sulfonamides is 1. The molecule has 1 unspecified atom stereocenters. The van der Waals surface area contributed by atoms with E-state index in [4.69, 9.17) is 0 Å². The zero-order chi connectivity index (χ0) is 14.4. The summed E-state index contributed by atoms with van der Waals surface area (Å²) in [6.45, 7) is 0.160. The molecular weight excluding hydrogens is 276 g/mol. The zero-order valence-corrected chi connectivity index (χ0v) is 11.6. The Hall–Kier alpha value is -1.76. The predicted octanol–water partition coefficient (Wildman–Crippen LogP) is 1.48. The molecule has 2 aromatic rings. The fraction of sp³-hybridized carbons (Fsp3) is 0.214. The summed E-state index contributed by atoms with van der Waals surface area (Å²) >= 11 is 0. The lowest BCUT2D eigenvalue weighted by atomic mass is 10.1. The molecule has 0 bridgehead atoms. The number of hydrogen-bond donors (Lipinski definition) is 2. The van der Waals surface area contributed by atoms with E-state index in [-0.39, 0.29) is 11.4 Å². The van der Waals surface area contributed by atoms with Crippen molar-refractivity contribution >= 4 is 10.0 Å². The number of pyridine rings is 1. The van der Waals surface area contributed by atoms with Gasteiger partial charge in [0.15, 0.2) is 0 Å². The van der Waals surface area contributed by atoms with Gasteiger partial charge in [-0.1, -0.05) is 30.3 Å². The van der Waals surface area contributed by atoms with Crippen LogP contribution in [0.25, 0.3) is 0 Å². The molecule has 0 radical (unpaired) electrons. The van der Waals surface area contributed by atoms with Gasteiger partial charge in [0, 0.05) is 18.9 Å². The highest BCUT2D eigenvalue weighted by Gasteiger charge is 2.14. The number of aliphatic hydroxyl groups is 1. The van der Waals surface area contributed by atoms with Crippen LogP contribution >= 0.6 is 0 Å². The Bertz CT molecular complexity index is 630. The van der Waals surface area contributed by atoms with Crippen LogP contribution in [-0.2, 0) is 10.0 Å². The third-order valence-electron chi connectivity index (χ3n) is 2.84. The molecule has 2 rings (SSSR count). The second kappa shape index (κ2) is 6.60. The number of hydrogen-bond acceptors (Lipinski definition) is 4. The fourth-order valence-electron chi connectivity index (χ4n) is 1.76. The second-order valence-electron chi connectivity index (χ2n) is 4.30. The first-order chi connectivity index (χ1) is 9.59. The molecular formula is C14H16N2O3S. The van der Waals surface area contributed by atoms with Crippen molar-refractivity contribution in [1.82, 2.24) is 9.71 Å². The standard InChI is InChI=1S/C14H16N2O3S/c17-14(12-5-2-1-3-6-12)8-10-16-20(18,19)13-7-4-9-15-11-13/h1-7,9,11,14,16-17H,8,10H2. The highest BCUT2D eigenvalue weighted by Crippen LogP contribution is 2.15. The molecule has 1 atom stereocenters. The van der Waals surface area contributed by atoms with Crippen LogP contribution in [0, 0.1) is 0 Å². The van der Waals surface area contributed by atoms with E-state index in [1.807, 2.05) is 18.2 Å². The van der Waals surface area contributed by atoms with E-state index in [1.54, 1.807) is 18.2 Å². The molecule has 20 heavy (non-hydrogen) atoms. The Labute approximate surface area is 118 Å². The van der Waals surface area contributed by atoms with Crippen LogP contribution in [0.4, 0.5) is 0 Å². The molecule has 6 heteroatoms. The quantitative estimate of drug-likeness (QED) is 0.845. The van der Waals surface area contributed by atoms with Crippen LogP contribution in [-0.4, -0.2) is 25.1 Å². The van der Waals surface area contributed by atoms with Crippen LogP contribution in [0.1, 0.15) is 18.1 Å². The van der Waals surface area contributed by atoms with Crippen molar-refractivity contribution in [3.05, 3.63) is 60.4 Å². The van der Waals surface area contributed by atoms with Gasteiger partial charge in [0.2, 0.25) is 10.0 Å². The second-order valence-corrected chi connectivity index (χ2v) is 6.07. The van der Waals surface area contributed by atoms with E-state index in [0.29, 0.717) is 6.42 Å². The molecule has 0 aliphatic rings. The van der Waals surface area contributed by atoms with Crippen molar-refractivity contribution in [1.29, 1.82) is 0 Å². The largest absolute Gasteiger partial charge is 0.388 e. The number of benzene rings is 1. The molecule has 0 fully saturated rings. The normalized spacial score (nSPS) is 13.1. The van der Waals surface area contributed by atoms with E-state index in [9.17, 15) is 13.5 Å². The van der Waals surface area contributed by atoms with Gasteiger partial charge in [0.05, 0.1) is 6.10 Å². The summed E-state index contributed by atoms with van der Waals surface area (Å²) in [7, 11) is -3.56. The number of rotatable bonds is 6. The molecule has 0 saturated carbocycles. The highest BCUT2D eigenvalue weighted by molar-refractivity contribution is 7.89. The number of aromatic nitrogens is 1. The maximum atomic E-state index is 11.9. The average molecular weight is 292 g/mol. The van der Waals surface area contributed by atoms with E-state index in [1.165, 1.54) is 18.5 Å². The van der Waals surface area contributed by atoms with E-state index >= 15 is 0 Å². The van der Waals surface area contributed by atoms with Crippen LogP contribution in [0.3, 0.4) is 0 Å². The summed E-state index contributed by atoms with van der Waals surface area (Å²) in [6.07, 6.45) is 2.42. The number of nitrogens with one attached hydrogen (secondary N) is 1. The van der Waals surface area contributed by atoms with Crippen molar-refractivity contribution < 1.29 is 13.5 Å². The fourth-order valence-corrected chi connectivity index (χ4v) is 2.77. The summed E-state index contributed by atoms with van der Waals surface area (Å²) in [6, 6.07) is 12.2. The summed E-state index contributed by atoms with van der Waals surface area (Å²) < 4.78 is 26.3. The Kier molecular flexibility index (Phi) is 4.84. The molecule has 0 aliphatic carbocycles. The number of nitrogens with zero attached hydrogens (tertiary/aromatic N) is 1. The van der Waals surface area contributed by atoms with Gasteiger partial charge in [0.25, 0.3) is 0 Å². The van der Waals surface area contributed by atoms with Crippen molar-refractivity contribution in [2.24, 2.45) is 0 Å². The Morgan fingerprint density at radius 2 is 1.90 bits per heavy atom. The van der Waals surface area contributed by atoms with E-state index < -0.39 is 16.1 Å². The minimum atomic E-state index is -3.56. The average Bonchev–Trinajstić information content (AvgIpc) is 2.49. The van der Waals surface area contributed by atoms with Gasteiger partial charge in [-0.05, 0) is 24.1 Å². The first-order valence-electron chi connectivity index (χ1n) is 6.22. The van der Waals surface area contributed by atoms with E-state index in [2.05, 4.69) is 9.71 Å². The number of aliphatic hydroxyl groups excluding tert-OH is 1. The lowest BCUT2D eigenvalue weighted by Gasteiger charge is -2.11. The van der Waals surface area contributed by atoms with Crippen molar-refractivity contribution in [2.45, 2.75) is 17.4 Å². The third kappa shape index (κ3) is 3.86. The molecule has 0 aliphatic heterocycles. The van der Waals surface area contributed by atoms with Gasteiger partial charge < -0.3 is 5.11 Å². The molecule has 0 amide bonds. The van der Waals surface area contributed by atoms with Crippen LogP contribution < -0.4 is 4.72 Å². The molecule has 1 aromatic heterocycles.